The molecule has 0 amide bonds. The maximum Gasteiger partial charge on any atom is 0.140 e. The van der Waals surface area contributed by atoms with E-state index in [9.17, 15) is 0 Å². The molecule has 1 aliphatic heterocycles. The Hall–Kier alpha value is -1.46. The van der Waals surface area contributed by atoms with Gasteiger partial charge in [0.1, 0.15) is 11.9 Å². The number of ether oxygens (including phenoxy) is 1. The van der Waals surface area contributed by atoms with Gasteiger partial charge in [-0.1, -0.05) is 0 Å². The van der Waals surface area contributed by atoms with Crippen molar-refractivity contribution < 1.29 is 4.74 Å². The van der Waals surface area contributed by atoms with Crippen molar-refractivity contribution in [3.05, 3.63) is 40.6 Å². The molecular weight excluding hydrogens is 294 g/mol. The van der Waals surface area contributed by atoms with E-state index in [1.165, 1.54) is 25.1 Å². The number of hydrogen-bond acceptors (Lipinski definition) is 5. The van der Waals surface area contributed by atoms with Crippen LogP contribution in [-0.4, -0.2) is 34.1 Å². The molecule has 2 aliphatic rings. The number of hydrogen-bond donors (Lipinski definition) is 0. The minimum absolute atomic E-state index is 0.341. The number of pyridine rings is 1. The second-order valence-corrected chi connectivity index (χ2v) is 7.14. The van der Waals surface area contributed by atoms with Crippen molar-refractivity contribution in [2.45, 2.75) is 32.4 Å². The summed E-state index contributed by atoms with van der Waals surface area (Å²) in [6.45, 7) is 5.32. The van der Waals surface area contributed by atoms with Crippen LogP contribution in [-0.2, 0) is 6.54 Å². The van der Waals surface area contributed by atoms with Crippen LogP contribution in [0.15, 0.2) is 29.2 Å². The molecule has 0 unspecified atom stereocenters. The highest BCUT2D eigenvalue weighted by Crippen LogP contribution is 2.40. The molecule has 116 valence electrons. The van der Waals surface area contributed by atoms with Gasteiger partial charge in [0.15, 0.2) is 0 Å². The minimum atomic E-state index is 0.341. The van der Waals surface area contributed by atoms with Crippen LogP contribution < -0.4 is 4.74 Å². The Labute approximate surface area is 135 Å². The number of fused-ring (bicyclic) bond motifs is 1. The molecule has 2 fully saturated rings. The van der Waals surface area contributed by atoms with E-state index in [2.05, 4.69) is 20.2 Å². The first kappa shape index (κ1) is 14.2. The molecule has 3 atom stereocenters. The Morgan fingerprint density at radius 1 is 1.32 bits per heavy atom. The number of aryl methyl sites for hydroxylation is 1. The summed E-state index contributed by atoms with van der Waals surface area (Å²) in [6.07, 6.45) is 4.62. The molecule has 0 radical (unpaired) electrons. The minimum Gasteiger partial charge on any atom is -0.488 e. The normalized spacial score (nSPS) is 28.0. The number of rotatable bonds is 4. The topological polar surface area (TPSA) is 38.2 Å². The Morgan fingerprint density at radius 2 is 2.27 bits per heavy atom. The molecule has 5 heteroatoms. The van der Waals surface area contributed by atoms with Crippen LogP contribution >= 0.6 is 11.3 Å². The highest BCUT2D eigenvalue weighted by atomic mass is 32.1. The second-order valence-electron chi connectivity index (χ2n) is 6.42. The van der Waals surface area contributed by atoms with E-state index in [-0.39, 0.29) is 0 Å². The van der Waals surface area contributed by atoms with Gasteiger partial charge in [0, 0.05) is 37.1 Å². The molecule has 0 spiro atoms. The highest BCUT2D eigenvalue weighted by molar-refractivity contribution is 7.07. The molecule has 1 saturated carbocycles. The monoisotopic (exact) mass is 315 g/mol. The van der Waals surface area contributed by atoms with Crippen molar-refractivity contribution in [1.29, 1.82) is 0 Å². The first-order valence-corrected chi connectivity index (χ1v) is 8.91. The van der Waals surface area contributed by atoms with E-state index in [4.69, 9.17) is 4.74 Å². The number of thiazole rings is 1. The fourth-order valence-corrected chi connectivity index (χ4v) is 4.43. The third kappa shape index (κ3) is 2.75. The maximum atomic E-state index is 6.30. The van der Waals surface area contributed by atoms with Crippen LogP contribution in [0.25, 0.3) is 0 Å². The van der Waals surface area contributed by atoms with Gasteiger partial charge in [0.2, 0.25) is 0 Å². The van der Waals surface area contributed by atoms with Crippen molar-refractivity contribution in [1.82, 2.24) is 14.9 Å². The Kier molecular flexibility index (Phi) is 3.84. The lowest BCUT2D eigenvalue weighted by molar-refractivity contribution is 0.146. The van der Waals surface area contributed by atoms with Gasteiger partial charge in [-0.2, -0.15) is 0 Å². The first-order valence-electron chi connectivity index (χ1n) is 7.97. The van der Waals surface area contributed by atoms with Gasteiger partial charge in [-0.15, -0.1) is 11.3 Å². The van der Waals surface area contributed by atoms with Crippen molar-refractivity contribution in [3.8, 4) is 5.75 Å². The van der Waals surface area contributed by atoms with Crippen LogP contribution in [0.2, 0.25) is 0 Å². The Balaban J connectivity index is 1.41. The zero-order valence-corrected chi connectivity index (χ0v) is 13.6. The highest BCUT2D eigenvalue weighted by Gasteiger charge is 2.43. The average molecular weight is 315 g/mol. The largest absolute Gasteiger partial charge is 0.488 e. The fourth-order valence-electron chi connectivity index (χ4n) is 3.88. The van der Waals surface area contributed by atoms with Crippen LogP contribution in [0.4, 0.5) is 0 Å². The summed E-state index contributed by atoms with van der Waals surface area (Å²) in [4.78, 5) is 11.3. The molecule has 2 aromatic rings. The van der Waals surface area contributed by atoms with Crippen molar-refractivity contribution in [2.24, 2.45) is 11.8 Å². The summed E-state index contributed by atoms with van der Waals surface area (Å²) < 4.78 is 6.30. The predicted molar refractivity (Wildman–Crippen MR) is 87.0 cm³/mol. The van der Waals surface area contributed by atoms with Gasteiger partial charge in [0.05, 0.1) is 16.9 Å². The lowest BCUT2D eigenvalue weighted by atomic mass is 9.99. The second kappa shape index (κ2) is 5.97. The Bertz CT molecular complexity index is 631. The fraction of sp³-hybridized carbons (Fsp3) is 0.529. The van der Waals surface area contributed by atoms with Crippen LogP contribution in [0.3, 0.4) is 0 Å². The third-order valence-electron chi connectivity index (χ3n) is 4.97. The molecule has 22 heavy (non-hydrogen) atoms. The van der Waals surface area contributed by atoms with Crippen LogP contribution in [0.5, 0.6) is 5.75 Å². The molecule has 0 aromatic carbocycles. The van der Waals surface area contributed by atoms with Gasteiger partial charge >= 0.3 is 0 Å². The SMILES string of the molecule is Cc1ncccc1O[C@@H]1CC[C@@H]2CN(Cc3cscn3)C[C@@H]21. The van der Waals surface area contributed by atoms with Gasteiger partial charge in [-0.05, 0) is 37.8 Å². The van der Waals surface area contributed by atoms with Gasteiger partial charge in [-0.25, -0.2) is 4.98 Å². The molecule has 2 aromatic heterocycles. The molecular formula is C17H21N3OS. The standard InChI is InChI=1S/C17H21N3OS/c1-12-16(3-2-6-18-12)21-17-5-4-13-7-20(9-15(13)17)8-14-10-22-11-19-14/h2-3,6,10-11,13,15,17H,4-5,7-9H2,1H3/t13-,15+,17-/m1/s1. The number of aromatic nitrogens is 2. The first-order chi connectivity index (χ1) is 10.8. The van der Waals surface area contributed by atoms with Gasteiger partial charge in [-0.3, -0.25) is 9.88 Å². The summed E-state index contributed by atoms with van der Waals surface area (Å²) in [5, 5.41) is 2.15. The molecule has 0 bridgehead atoms. The van der Waals surface area contributed by atoms with E-state index in [0.717, 1.165) is 30.5 Å². The average Bonchev–Trinajstić information content (AvgIpc) is 3.21. The van der Waals surface area contributed by atoms with Crippen molar-refractivity contribution in [3.63, 3.8) is 0 Å². The summed E-state index contributed by atoms with van der Waals surface area (Å²) in [5.41, 5.74) is 4.11. The quantitative estimate of drug-likeness (QED) is 0.869. The zero-order chi connectivity index (χ0) is 14.9. The molecule has 1 saturated heterocycles. The zero-order valence-electron chi connectivity index (χ0n) is 12.8. The van der Waals surface area contributed by atoms with E-state index in [1.807, 2.05) is 30.8 Å². The van der Waals surface area contributed by atoms with E-state index in [1.54, 1.807) is 11.3 Å². The van der Waals surface area contributed by atoms with Crippen molar-refractivity contribution in [2.75, 3.05) is 13.1 Å². The predicted octanol–water partition coefficient (Wildman–Crippen LogP) is 3.14. The van der Waals surface area contributed by atoms with E-state index >= 15 is 0 Å². The van der Waals surface area contributed by atoms with Crippen LogP contribution in [0, 0.1) is 18.8 Å². The summed E-state index contributed by atoms with van der Waals surface area (Å²) in [5.74, 6) is 2.38. The smallest absolute Gasteiger partial charge is 0.140 e. The lowest BCUT2D eigenvalue weighted by Gasteiger charge is -2.22. The van der Waals surface area contributed by atoms with E-state index in [0.29, 0.717) is 12.0 Å². The molecule has 4 rings (SSSR count). The number of likely N-dealkylation sites (tertiary alicyclic amines) is 1. The van der Waals surface area contributed by atoms with Crippen molar-refractivity contribution >= 4 is 11.3 Å². The van der Waals surface area contributed by atoms with Crippen LogP contribution in [0.1, 0.15) is 24.2 Å². The molecule has 1 aliphatic carbocycles. The summed E-state index contributed by atoms with van der Waals surface area (Å²) in [7, 11) is 0. The maximum absolute atomic E-state index is 6.30. The molecule has 4 nitrogen and oxygen atoms in total. The number of nitrogens with zero attached hydrogens (tertiary/aromatic N) is 3. The molecule has 0 N–H and O–H groups in total. The Morgan fingerprint density at radius 3 is 3.09 bits per heavy atom. The van der Waals surface area contributed by atoms with Gasteiger partial charge in [0.25, 0.3) is 0 Å². The third-order valence-corrected chi connectivity index (χ3v) is 5.61. The summed E-state index contributed by atoms with van der Waals surface area (Å²) >= 11 is 1.68. The molecule has 3 heterocycles. The lowest BCUT2D eigenvalue weighted by Crippen LogP contribution is -2.28. The van der Waals surface area contributed by atoms with Gasteiger partial charge < -0.3 is 4.74 Å². The van der Waals surface area contributed by atoms with E-state index < -0.39 is 0 Å². The summed E-state index contributed by atoms with van der Waals surface area (Å²) in [6, 6.07) is 4.00.